The van der Waals surface area contributed by atoms with Gasteiger partial charge < -0.3 is 10.1 Å². The highest BCUT2D eigenvalue weighted by Crippen LogP contribution is 2.25. The van der Waals surface area contributed by atoms with Gasteiger partial charge in [-0.05, 0) is 57.0 Å². The molecule has 2 aromatic carbocycles. The van der Waals surface area contributed by atoms with Crippen LogP contribution in [0.4, 0.5) is 0 Å². The number of carbonyl (C=O) groups is 1. The van der Waals surface area contributed by atoms with E-state index in [4.69, 9.17) is 4.74 Å². The zero-order valence-corrected chi connectivity index (χ0v) is 19.4. The molecule has 0 atom stereocenters. The lowest BCUT2D eigenvalue weighted by Gasteiger charge is -2.16. The molecule has 0 aliphatic carbocycles. The number of hydrogen-bond acceptors (Lipinski definition) is 4. The molecule has 8 heteroatoms. The van der Waals surface area contributed by atoms with Crippen molar-refractivity contribution in [3.05, 3.63) is 63.6 Å². The first-order chi connectivity index (χ1) is 13.6. The Bertz CT molecular complexity index is 959. The minimum Gasteiger partial charge on any atom is -0.490 e. The number of benzene rings is 2. The van der Waals surface area contributed by atoms with Gasteiger partial charge in [0.05, 0.1) is 17.4 Å². The van der Waals surface area contributed by atoms with Gasteiger partial charge in [-0.1, -0.05) is 40.2 Å². The van der Waals surface area contributed by atoms with Crippen LogP contribution < -0.4 is 14.8 Å². The van der Waals surface area contributed by atoms with Crippen molar-refractivity contribution in [1.82, 2.24) is 10.0 Å². The fraction of sp³-hybridized carbons (Fsp3) is 0.381. The molecular weight excluding hydrogens is 456 g/mol. The van der Waals surface area contributed by atoms with Crippen LogP contribution in [-0.4, -0.2) is 26.5 Å². The van der Waals surface area contributed by atoms with E-state index in [2.05, 4.69) is 26.0 Å². The van der Waals surface area contributed by atoms with Crippen LogP contribution in [0.5, 0.6) is 5.75 Å². The maximum atomic E-state index is 12.7. The molecule has 0 radical (unpaired) electrons. The van der Waals surface area contributed by atoms with Crippen LogP contribution in [0.2, 0.25) is 0 Å². The number of carbonyl (C=O) groups excluding carboxylic acids is 1. The van der Waals surface area contributed by atoms with Crippen molar-refractivity contribution < 1.29 is 17.9 Å². The summed E-state index contributed by atoms with van der Waals surface area (Å²) >= 11 is 3.39. The van der Waals surface area contributed by atoms with Crippen molar-refractivity contribution in [2.24, 2.45) is 0 Å². The van der Waals surface area contributed by atoms with E-state index >= 15 is 0 Å². The van der Waals surface area contributed by atoms with Crippen molar-refractivity contribution in [3.8, 4) is 5.75 Å². The molecule has 2 aromatic rings. The second-order valence-corrected chi connectivity index (χ2v) is 9.96. The van der Waals surface area contributed by atoms with Gasteiger partial charge in [0.15, 0.2) is 0 Å². The van der Waals surface area contributed by atoms with Gasteiger partial charge in [0, 0.05) is 17.1 Å². The van der Waals surface area contributed by atoms with Crippen molar-refractivity contribution in [1.29, 1.82) is 0 Å². The van der Waals surface area contributed by atoms with Crippen LogP contribution in [0.1, 0.15) is 49.2 Å². The third-order valence-corrected chi connectivity index (χ3v) is 5.88. The quantitative estimate of drug-likeness (QED) is 0.565. The van der Waals surface area contributed by atoms with Gasteiger partial charge in [0.1, 0.15) is 5.75 Å². The Labute approximate surface area is 181 Å². The number of halogens is 1. The van der Waals surface area contributed by atoms with E-state index in [1.54, 1.807) is 44.2 Å². The molecule has 2 rings (SSSR count). The van der Waals surface area contributed by atoms with E-state index in [0.29, 0.717) is 16.9 Å². The van der Waals surface area contributed by atoms with Crippen LogP contribution in [0, 0.1) is 0 Å². The lowest BCUT2D eigenvalue weighted by atomic mass is 10.1. The Morgan fingerprint density at radius 3 is 2.34 bits per heavy atom. The Kier molecular flexibility index (Phi) is 8.24. The van der Waals surface area contributed by atoms with Crippen molar-refractivity contribution in [3.63, 3.8) is 0 Å². The third-order valence-electron chi connectivity index (χ3n) is 3.87. The van der Waals surface area contributed by atoms with Gasteiger partial charge in [-0.3, -0.25) is 4.79 Å². The monoisotopic (exact) mass is 482 g/mol. The topological polar surface area (TPSA) is 84.5 Å². The highest BCUT2D eigenvalue weighted by atomic mass is 79.9. The van der Waals surface area contributed by atoms with E-state index in [1.807, 2.05) is 26.0 Å². The van der Waals surface area contributed by atoms with E-state index in [9.17, 15) is 13.2 Å². The van der Waals surface area contributed by atoms with Crippen LogP contribution in [0.15, 0.2) is 46.9 Å². The molecule has 0 aliphatic rings. The lowest BCUT2D eigenvalue weighted by molar-refractivity contribution is 0.0945. The molecule has 0 saturated carbocycles. The molecule has 0 aromatic heterocycles. The van der Waals surface area contributed by atoms with Crippen molar-refractivity contribution >= 4 is 31.9 Å². The van der Waals surface area contributed by atoms with Gasteiger partial charge in [0.2, 0.25) is 10.0 Å². The van der Waals surface area contributed by atoms with Gasteiger partial charge in [-0.15, -0.1) is 0 Å². The second kappa shape index (κ2) is 10.2. The van der Waals surface area contributed by atoms with Gasteiger partial charge in [0.25, 0.3) is 5.91 Å². The first-order valence-corrected chi connectivity index (χ1v) is 11.8. The molecule has 1 amide bonds. The van der Waals surface area contributed by atoms with E-state index in [0.717, 1.165) is 10.0 Å². The largest absolute Gasteiger partial charge is 0.490 e. The smallest absolute Gasteiger partial charge is 0.255 e. The molecule has 0 saturated heterocycles. The van der Waals surface area contributed by atoms with E-state index < -0.39 is 10.0 Å². The number of sulfonamides is 1. The molecule has 29 heavy (non-hydrogen) atoms. The summed E-state index contributed by atoms with van der Waals surface area (Å²) in [6, 6.07) is 12.2. The highest BCUT2D eigenvalue weighted by Gasteiger charge is 2.17. The van der Waals surface area contributed by atoms with Crippen molar-refractivity contribution in [2.75, 3.05) is 0 Å². The summed E-state index contributed by atoms with van der Waals surface area (Å²) in [6.45, 7) is 7.55. The van der Waals surface area contributed by atoms with Gasteiger partial charge >= 0.3 is 0 Å². The number of nitrogens with one attached hydrogen (secondary N) is 2. The van der Waals surface area contributed by atoms with Crippen LogP contribution in [0.3, 0.4) is 0 Å². The summed E-state index contributed by atoms with van der Waals surface area (Å²) in [5, 5.41) is 2.87. The normalized spacial score (nSPS) is 11.7. The molecule has 0 bridgehead atoms. The minimum absolute atomic E-state index is 0.0739. The van der Waals surface area contributed by atoms with Crippen molar-refractivity contribution in [2.45, 2.75) is 52.1 Å². The summed E-state index contributed by atoms with van der Waals surface area (Å²) in [7, 11) is -3.46. The molecule has 158 valence electrons. The first-order valence-electron chi connectivity index (χ1n) is 9.38. The predicted molar refractivity (Wildman–Crippen MR) is 118 cm³/mol. The standard InChI is InChI=1S/C21H27BrN2O4S/c1-14(2)24-29(26,27)13-17-8-6-5-7-16(17)12-23-21(25)19-10-9-18(22)11-20(19)28-15(3)4/h5-11,14-15,24H,12-13H2,1-4H3,(H,23,25). The molecule has 0 aliphatic heterocycles. The maximum absolute atomic E-state index is 12.7. The summed E-state index contributed by atoms with van der Waals surface area (Å²) in [6.07, 6.45) is -0.0739. The number of amides is 1. The molecular formula is C21H27BrN2O4S. The molecule has 0 spiro atoms. The minimum atomic E-state index is -3.46. The highest BCUT2D eigenvalue weighted by molar-refractivity contribution is 9.10. The number of rotatable bonds is 9. The maximum Gasteiger partial charge on any atom is 0.255 e. The molecule has 2 N–H and O–H groups in total. The summed E-state index contributed by atoms with van der Waals surface area (Å²) in [5.74, 6) is 0.0620. The molecule has 0 heterocycles. The Morgan fingerprint density at radius 1 is 1.07 bits per heavy atom. The van der Waals surface area contributed by atoms with Crippen LogP contribution in [0.25, 0.3) is 0 Å². The first kappa shape index (κ1) is 23.4. The summed E-state index contributed by atoms with van der Waals surface area (Å²) in [4.78, 5) is 12.7. The Hall–Kier alpha value is -1.90. The fourth-order valence-electron chi connectivity index (χ4n) is 2.78. The van der Waals surface area contributed by atoms with Crippen LogP contribution in [-0.2, 0) is 22.3 Å². The molecule has 6 nitrogen and oxygen atoms in total. The summed E-state index contributed by atoms with van der Waals surface area (Å²) < 4.78 is 33.7. The second-order valence-electron chi connectivity index (χ2n) is 7.29. The Balaban J connectivity index is 2.16. The fourth-order valence-corrected chi connectivity index (χ4v) is 4.61. The van der Waals surface area contributed by atoms with Gasteiger partial charge in [-0.25, -0.2) is 13.1 Å². The molecule has 0 unspecified atom stereocenters. The van der Waals surface area contributed by atoms with Crippen LogP contribution >= 0.6 is 15.9 Å². The summed E-state index contributed by atoms with van der Waals surface area (Å²) in [5.41, 5.74) is 1.82. The number of hydrogen-bond donors (Lipinski definition) is 2. The average Bonchev–Trinajstić information content (AvgIpc) is 2.58. The lowest BCUT2D eigenvalue weighted by Crippen LogP contribution is -2.32. The zero-order valence-electron chi connectivity index (χ0n) is 17.0. The third kappa shape index (κ3) is 7.45. The predicted octanol–water partition coefficient (Wildman–Crippen LogP) is 3.99. The number of ether oxygens (including phenoxy) is 1. The van der Waals surface area contributed by atoms with E-state index in [-0.39, 0.29) is 30.4 Å². The SMILES string of the molecule is CC(C)NS(=O)(=O)Cc1ccccc1CNC(=O)c1ccc(Br)cc1OC(C)C. The van der Waals surface area contributed by atoms with E-state index in [1.165, 1.54) is 0 Å². The Morgan fingerprint density at radius 2 is 1.72 bits per heavy atom. The van der Waals surface area contributed by atoms with Gasteiger partial charge in [-0.2, -0.15) is 0 Å². The zero-order chi connectivity index (χ0) is 21.6. The molecule has 0 fully saturated rings. The average molecular weight is 483 g/mol.